The number of ether oxygens (including phenoxy) is 1. The molecule has 19 heavy (non-hydrogen) atoms. The summed E-state index contributed by atoms with van der Waals surface area (Å²) in [7, 11) is -2.40. The van der Waals surface area contributed by atoms with Crippen molar-refractivity contribution in [3.8, 4) is 0 Å². The van der Waals surface area contributed by atoms with Gasteiger partial charge < -0.3 is 9.84 Å². The quantitative estimate of drug-likeness (QED) is 0.702. The molecule has 1 N–H and O–H groups in total. The van der Waals surface area contributed by atoms with E-state index in [1.807, 2.05) is 0 Å². The number of rotatable bonds is 6. The topological polar surface area (TPSA) is 101 Å². The number of methoxy groups -OCH3 is 1. The summed E-state index contributed by atoms with van der Waals surface area (Å²) in [6.07, 6.45) is 1.87. The summed E-state index contributed by atoms with van der Waals surface area (Å²) in [4.78, 5) is 22.0. The largest absolute Gasteiger partial charge is 0.480 e. The van der Waals surface area contributed by atoms with E-state index in [2.05, 4.69) is 4.74 Å². The maximum Gasteiger partial charge on any atom is 0.322 e. The van der Waals surface area contributed by atoms with Crippen LogP contribution >= 0.6 is 0 Å². The molecule has 0 amide bonds. The molecule has 1 saturated heterocycles. The zero-order valence-electron chi connectivity index (χ0n) is 10.9. The highest BCUT2D eigenvalue weighted by Gasteiger charge is 2.36. The van der Waals surface area contributed by atoms with Crippen LogP contribution < -0.4 is 0 Å². The fourth-order valence-electron chi connectivity index (χ4n) is 2.10. The van der Waals surface area contributed by atoms with Crippen LogP contribution in [0.5, 0.6) is 0 Å². The SMILES string of the molecule is COC(=O)CCCS(=O)(=O)N1CCCC[C@@H]1C(=O)O. The lowest BCUT2D eigenvalue weighted by atomic mass is 10.1. The third-order valence-electron chi connectivity index (χ3n) is 3.11. The van der Waals surface area contributed by atoms with Crippen LogP contribution in [0.3, 0.4) is 0 Å². The molecule has 1 aliphatic heterocycles. The standard InChI is InChI=1S/C11H19NO6S/c1-18-10(13)6-4-8-19(16,17)12-7-3-2-5-9(12)11(14)15/h9H,2-8H2,1H3,(H,14,15)/t9-/m1/s1. The van der Waals surface area contributed by atoms with E-state index in [1.165, 1.54) is 7.11 Å². The zero-order chi connectivity index (χ0) is 14.5. The van der Waals surface area contributed by atoms with Gasteiger partial charge in [-0.05, 0) is 25.7 Å². The lowest BCUT2D eigenvalue weighted by molar-refractivity contribution is -0.142. The van der Waals surface area contributed by atoms with E-state index in [0.29, 0.717) is 19.3 Å². The number of esters is 1. The van der Waals surface area contributed by atoms with Crippen LogP contribution in [0.2, 0.25) is 0 Å². The Kier molecular flexibility index (Phi) is 5.74. The molecular weight excluding hydrogens is 274 g/mol. The van der Waals surface area contributed by atoms with E-state index in [0.717, 1.165) is 4.31 Å². The first-order valence-corrected chi connectivity index (χ1v) is 7.78. The van der Waals surface area contributed by atoms with E-state index < -0.39 is 28.0 Å². The van der Waals surface area contributed by atoms with Crippen LogP contribution in [-0.2, 0) is 24.3 Å². The lowest BCUT2D eigenvalue weighted by Gasteiger charge is -2.31. The average Bonchev–Trinajstić information content (AvgIpc) is 2.38. The van der Waals surface area contributed by atoms with Crippen LogP contribution in [0.25, 0.3) is 0 Å². The molecule has 7 nitrogen and oxygen atoms in total. The predicted octanol–water partition coefficient (Wildman–Crippen LogP) is 0.208. The van der Waals surface area contributed by atoms with Crippen LogP contribution in [-0.4, -0.2) is 55.2 Å². The van der Waals surface area contributed by atoms with Gasteiger partial charge in [0.25, 0.3) is 0 Å². The van der Waals surface area contributed by atoms with E-state index in [4.69, 9.17) is 5.11 Å². The maximum atomic E-state index is 12.1. The number of aliphatic carboxylic acids is 1. The molecule has 0 spiro atoms. The first-order chi connectivity index (χ1) is 8.88. The summed E-state index contributed by atoms with van der Waals surface area (Å²) in [6, 6.07) is -0.975. The highest BCUT2D eigenvalue weighted by Crippen LogP contribution is 2.21. The molecule has 1 heterocycles. The van der Waals surface area contributed by atoms with E-state index in [1.54, 1.807) is 0 Å². The smallest absolute Gasteiger partial charge is 0.322 e. The molecule has 0 aliphatic carbocycles. The van der Waals surface area contributed by atoms with Crippen molar-refractivity contribution in [2.24, 2.45) is 0 Å². The van der Waals surface area contributed by atoms with Crippen molar-refractivity contribution in [1.82, 2.24) is 4.31 Å². The molecule has 0 bridgehead atoms. The Morgan fingerprint density at radius 1 is 1.37 bits per heavy atom. The third kappa shape index (κ3) is 4.46. The maximum absolute atomic E-state index is 12.1. The van der Waals surface area contributed by atoms with E-state index in [-0.39, 0.29) is 25.1 Å². The molecule has 1 rings (SSSR count). The second-order valence-electron chi connectivity index (χ2n) is 4.46. The van der Waals surface area contributed by atoms with Crippen molar-refractivity contribution < 1.29 is 27.9 Å². The highest BCUT2D eigenvalue weighted by molar-refractivity contribution is 7.89. The fourth-order valence-corrected chi connectivity index (χ4v) is 3.84. The molecular formula is C11H19NO6S. The van der Waals surface area contributed by atoms with Gasteiger partial charge in [0.05, 0.1) is 12.9 Å². The molecule has 1 fully saturated rings. The summed E-state index contributed by atoms with van der Waals surface area (Å²) < 4.78 is 29.6. The van der Waals surface area contributed by atoms with E-state index in [9.17, 15) is 18.0 Å². The first kappa shape index (κ1) is 15.9. The van der Waals surface area contributed by atoms with Crippen LogP contribution in [0.1, 0.15) is 32.1 Å². The summed E-state index contributed by atoms with van der Waals surface area (Å²) in [5.74, 6) is -1.81. The predicted molar refractivity (Wildman–Crippen MR) is 67.0 cm³/mol. The number of carboxylic acids is 1. The number of carbonyl (C=O) groups is 2. The number of carbonyl (C=O) groups excluding carboxylic acids is 1. The van der Waals surface area contributed by atoms with Gasteiger partial charge in [0.1, 0.15) is 6.04 Å². The Hall–Kier alpha value is -1.15. The second kappa shape index (κ2) is 6.85. The molecule has 8 heteroatoms. The van der Waals surface area contributed by atoms with Crippen LogP contribution in [0, 0.1) is 0 Å². The first-order valence-electron chi connectivity index (χ1n) is 6.17. The fraction of sp³-hybridized carbons (Fsp3) is 0.818. The van der Waals surface area contributed by atoms with Gasteiger partial charge >= 0.3 is 11.9 Å². The molecule has 0 aromatic carbocycles. The Morgan fingerprint density at radius 3 is 2.63 bits per heavy atom. The minimum Gasteiger partial charge on any atom is -0.480 e. The number of piperidine rings is 1. The number of hydrogen-bond donors (Lipinski definition) is 1. The number of sulfonamides is 1. The third-order valence-corrected chi connectivity index (χ3v) is 5.06. The molecule has 1 aliphatic rings. The Bertz CT molecular complexity index is 432. The minimum absolute atomic E-state index is 0.0152. The normalized spacial score (nSPS) is 21.0. The van der Waals surface area contributed by atoms with Gasteiger partial charge in [0.15, 0.2) is 0 Å². The number of nitrogens with zero attached hydrogens (tertiary/aromatic N) is 1. The van der Waals surface area contributed by atoms with Crippen molar-refractivity contribution in [2.75, 3.05) is 19.4 Å². The highest BCUT2D eigenvalue weighted by atomic mass is 32.2. The molecule has 0 saturated carbocycles. The molecule has 0 unspecified atom stereocenters. The monoisotopic (exact) mass is 293 g/mol. The lowest BCUT2D eigenvalue weighted by Crippen LogP contribution is -2.48. The zero-order valence-corrected chi connectivity index (χ0v) is 11.7. The summed E-state index contributed by atoms with van der Waals surface area (Å²) in [5, 5.41) is 9.04. The van der Waals surface area contributed by atoms with Crippen molar-refractivity contribution in [3.05, 3.63) is 0 Å². The molecule has 110 valence electrons. The van der Waals surface area contributed by atoms with E-state index >= 15 is 0 Å². The van der Waals surface area contributed by atoms with Crippen molar-refractivity contribution in [3.63, 3.8) is 0 Å². The summed E-state index contributed by atoms with van der Waals surface area (Å²) in [5.41, 5.74) is 0. The second-order valence-corrected chi connectivity index (χ2v) is 6.50. The van der Waals surface area contributed by atoms with Gasteiger partial charge in [-0.25, -0.2) is 8.42 Å². The van der Waals surface area contributed by atoms with Gasteiger partial charge in [0, 0.05) is 13.0 Å². The Labute approximate surface area is 112 Å². The molecule has 0 aromatic heterocycles. The molecule has 0 radical (unpaired) electrons. The van der Waals surface area contributed by atoms with Crippen molar-refractivity contribution in [1.29, 1.82) is 0 Å². The van der Waals surface area contributed by atoms with Gasteiger partial charge in [-0.1, -0.05) is 0 Å². The summed E-state index contributed by atoms with van der Waals surface area (Å²) >= 11 is 0. The number of carboxylic acid groups (broad SMARTS) is 1. The van der Waals surface area contributed by atoms with Gasteiger partial charge in [-0.3, -0.25) is 9.59 Å². The van der Waals surface area contributed by atoms with Gasteiger partial charge in [0.2, 0.25) is 10.0 Å². The van der Waals surface area contributed by atoms with Crippen LogP contribution in [0.15, 0.2) is 0 Å². The Balaban J connectivity index is 2.64. The molecule has 0 aromatic rings. The minimum atomic E-state index is -3.64. The van der Waals surface area contributed by atoms with Gasteiger partial charge in [-0.15, -0.1) is 0 Å². The summed E-state index contributed by atoms with van der Waals surface area (Å²) in [6.45, 7) is 0.234. The van der Waals surface area contributed by atoms with Crippen LogP contribution in [0.4, 0.5) is 0 Å². The van der Waals surface area contributed by atoms with Crippen molar-refractivity contribution >= 4 is 22.0 Å². The molecule has 1 atom stereocenters. The van der Waals surface area contributed by atoms with Crippen molar-refractivity contribution in [2.45, 2.75) is 38.1 Å². The number of hydrogen-bond acceptors (Lipinski definition) is 5. The average molecular weight is 293 g/mol. The Morgan fingerprint density at radius 2 is 2.05 bits per heavy atom. The van der Waals surface area contributed by atoms with Gasteiger partial charge in [-0.2, -0.15) is 4.31 Å².